The van der Waals surface area contributed by atoms with Crippen LogP contribution in [0.15, 0.2) is 18.3 Å². The van der Waals surface area contributed by atoms with E-state index in [-0.39, 0.29) is 6.10 Å². The Balaban J connectivity index is 1.65. The third-order valence-electron chi connectivity index (χ3n) is 4.61. The molecule has 0 spiro atoms. The van der Waals surface area contributed by atoms with Crippen molar-refractivity contribution in [3.05, 3.63) is 24.0 Å². The zero-order chi connectivity index (χ0) is 17.1. The Morgan fingerprint density at radius 1 is 1.36 bits per heavy atom. The van der Waals surface area contributed by atoms with Gasteiger partial charge in [-0.05, 0) is 31.5 Å². The Hall–Kier alpha value is -2.43. The third kappa shape index (κ3) is 3.65. The lowest BCUT2D eigenvalue weighted by atomic mass is 10.1. The van der Waals surface area contributed by atoms with Gasteiger partial charge in [0.15, 0.2) is 0 Å². The monoisotopic (exact) mass is 339 g/mol. The van der Waals surface area contributed by atoms with Crippen molar-refractivity contribution in [1.29, 1.82) is 5.26 Å². The van der Waals surface area contributed by atoms with Crippen LogP contribution in [0.5, 0.6) is 5.88 Å². The molecule has 0 unspecified atom stereocenters. The summed E-state index contributed by atoms with van der Waals surface area (Å²) in [5.74, 6) is 1.29. The number of hydrogen-bond donors (Lipinski definition) is 2. The predicted molar refractivity (Wildman–Crippen MR) is 93.6 cm³/mol. The molecule has 25 heavy (non-hydrogen) atoms. The Labute approximate surface area is 146 Å². The van der Waals surface area contributed by atoms with Crippen molar-refractivity contribution in [3.8, 4) is 11.9 Å². The summed E-state index contributed by atoms with van der Waals surface area (Å²) in [5, 5.41) is 17.8. The fourth-order valence-corrected chi connectivity index (χ4v) is 3.29. The van der Waals surface area contributed by atoms with Crippen molar-refractivity contribution in [2.75, 3.05) is 31.6 Å². The number of fused-ring (bicyclic) bond motifs is 1. The molecule has 2 N–H and O–H groups in total. The number of anilines is 1. The number of piperidine rings is 1. The Bertz CT molecular complexity index is 792. The van der Waals surface area contributed by atoms with Crippen molar-refractivity contribution in [1.82, 2.24) is 15.3 Å². The van der Waals surface area contributed by atoms with Crippen LogP contribution in [0.3, 0.4) is 0 Å². The number of nitrogens with zero attached hydrogens (tertiary/aromatic N) is 3. The molecule has 4 rings (SSSR count). The molecule has 2 fully saturated rings. The van der Waals surface area contributed by atoms with Crippen LogP contribution in [0.2, 0.25) is 0 Å². The van der Waals surface area contributed by atoms with Crippen LogP contribution < -0.4 is 15.4 Å². The number of pyridine rings is 2. The molecule has 0 radical (unpaired) electrons. The second-order valence-corrected chi connectivity index (χ2v) is 6.51. The molecule has 2 atom stereocenters. The van der Waals surface area contributed by atoms with Gasteiger partial charge in [-0.25, -0.2) is 9.97 Å². The van der Waals surface area contributed by atoms with E-state index in [4.69, 9.17) is 9.47 Å². The van der Waals surface area contributed by atoms with Gasteiger partial charge in [0.25, 0.3) is 0 Å². The molecule has 2 aromatic rings. The normalized spacial score (nSPS) is 23.3. The summed E-state index contributed by atoms with van der Waals surface area (Å²) in [7, 11) is 0. The van der Waals surface area contributed by atoms with Gasteiger partial charge in [-0.1, -0.05) is 0 Å². The molecule has 0 amide bonds. The molecule has 4 heterocycles. The maximum Gasteiger partial charge on any atom is 0.223 e. The number of nitriles is 1. The fraction of sp³-hybridized carbons (Fsp3) is 0.500. The summed E-state index contributed by atoms with van der Waals surface area (Å²) in [6.45, 7) is 3.27. The molecule has 2 aliphatic rings. The standard InChI is InChI=1S/C18H21N5O2/c19-8-14-6-12-9-21-17(22-13-2-1-4-20-10-13)7-16(12)18(23-14)25-15-3-5-24-11-15/h6-7,9,13,15,20H,1-5,10-11H2,(H,21,22)/t13-,15-/m0/s1. The topological polar surface area (TPSA) is 92.1 Å². The first-order chi connectivity index (χ1) is 12.3. The van der Waals surface area contributed by atoms with E-state index in [1.54, 1.807) is 12.3 Å². The average Bonchev–Trinajstić information content (AvgIpc) is 3.16. The van der Waals surface area contributed by atoms with Crippen LogP contribution in [0.4, 0.5) is 5.82 Å². The third-order valence-corrected chi connectivity index (χ3v) is 4.61. The van der Waals surface area contributed by atoms with E-state index in [9.17, 15) is 5.26 Å². The quantitative estimate of drug-likeness (QED) is 0.878. The van der Waals surface area contributed by atoms with Gasteiger partial charge in [0, 0.05) is 36.0 Å². The second-order valence-electron chi connectivity index (χ2n) is 6.51. The molecule has 2 saturated heterocycles. The summed E-state index contributed by atoms with van der Waals surface area (Å²) < 4.78 is 11.4. The molecule has 0 aliphatic carbocycles. The van der Waals surface area contributed by atoms with Crippen molar-refractivity contribution in [2.45, 2.75) is 31.4 Å². The minimum atomic E-state index is -0.0169. The zero-order valence-electron chi connectivity index (χ0n) is 14.0. The molecule has 0 bridgehead atoms. The molecule has 2 aromatic heterocycles. The second kappa shape index (κ2) is 7.21. The predicted octanol–water partition coefficient (Wildman–Crippen LogP) is 1.83. The van der Waals surface area contributed by atoms with E-state index >= 15 is 0 Å². The van der Waals surface area contributed by atoms with Crippen molar-refractivity contribution in [3.63, 3.8) is 0 Å². The molecule has 0 aromatic carbocycles. The van der Waals surface area contributed by atoms with Crippen LogP contribution in [-0.4, -0.2) is 48.4 Å². The number of ether oxygens (including phenoxy) is 2. The minimum Gasteiger partial charge on any atom is -0.471 e. The summed E-state index contributed by atoms with van der Waals surface area (Å²) in [4.78, 5) is 8.86. The first-order valence-corrected chi connectivity index (χ1v) is 8.74. The molecule has 130 valence electrons. The number of aromatic nitrogens is 2. The van der Waals surface area contributed by atoms with Gasteiger partial charge in [0.05, 0.1) is 13.2 Å². The Morgan fingerprint density at radius 3 is 3.08 bits per heavy atom. The van der Waals surface area contributed by atoms with Crippen molar-refractivity contribution < 1.29 is 9.47 Å². The number of rotatable bonds is 4. The summed E-state index contributed by atoms with van der Waals surface area (Å²) in [6, 6.07) is 6.17. The highest BCUT2D eigenvalue weighted by Gasteiger charge is 2.20. The molecular weight excluding hydrogens is 318 g/mol. The van der Waals surface area contributed by atoms with Gasteiger partial charge in [-0.2, -0.15) is 5.26 Å². The largest absolute Gasteiger partial charge is 0.471 e. The SMILES string of the molecule is N#Cc1cc2cnc(N[C@H]3CCCNC3)cc2c(O[C@H]2CCOC2)n1. The molecule has 7 heteroatoms. The Morgan fingerprint density at radius 2 is 2.32 bits per heavy atom. The van der Waals surface area contributed by atoms with E-state index in [2.05, 4.69) is 26.7 Å². The van der Waals surface area contributed by atoms with E-state index in [1.807, 2.05) is 6.07 Å². The van der Waals surface area contributed by atoms with Gasteiger partial charge >= 0.3 is 0 Å². The van der Waals surface area contributed by atoms with Crippen molar-refractivity contribution in [2.24, 2.45) is 0 Å². The fourth-order valence-electron chi connectivity index (χ4n) is 3.29. The molecule has 7 nitrogen and oxygen atoms in total. The van der Waals surface area contributed by atoms with E-state index in [0.29, 0.717) is 30.8 Å². The average molecular weight is 339 g/mol. The van der Waals surface area contributed by atoms with Crippen LogP contribution >= 0.6 is 0 Å². The lowest BCUT2D eigenvalue weighted by Crippen LogP contribution is -2.38. The summed E-state index contributed by atoms with van der Waals surface area (Å²) in [5.41, 5.74) is 0.334. The van der Waals surface area contributed by atoms with Gasteiger partial charge in [-0.15, -0.1) is 0 Å². The van der Waals surface area contributed by atoms with Gasteiger partial charge in [-0.3, -0.25) is 0 Å². The first-order valence-electron chi connectivity index (χ1n) is 8.74. The number of nitrogens with one attached hydrogen (secondary N) is 2. The zero-order valence-corrected chi connectivity index (χ0v) is 14.0. The molecule has 2 aliphatic heterocycles. The summed E-state index contributed by atoms with van der Waals surface area (Å²) >= 11 is 0. The van der Waals surface area contributed by atoms with Gasteiger partial charge in [0.2, 0.25) is 5.88 Å². The minimum absolute atomic E-state index is 0.0169. The first kappa shape index (κ1) is 16.1. The van der Waals surface area contributed by atoms with Crippen LogP contribution in [0, 0.1) is 11.3 Å². The maximum absolute atomic E-state index is 9.22. The highest BCUT2D eigenvalue weighted by atomic mass is 16.5. The highest BCUT2D eigenvalue weighted by molar-refractivity contribution is 5.89. The Kier molecular flexibility index (Phi) is 4.63. The lowest BCUT2D eigenvalue weighted by molar-refractivity contribution is 0.139. The van der Waals surface area contributed by atoms with Crippen molar-refractivity contribution >= 4 is 16.6 Å². The maximum atomic E-state index is 9.22. The molecular formula is C18H21N5O2. The molecule has 0 saturated carbocycles. The van der Waals surface area contributed by atoms with Gasteiger partial charge < -0.3 is 20.1 Å². The number of hydrogen-bond acceptors (Lipinski definition) is 7. The van der Waals surface area contributed by atoms with Gasteiger partial charge in [0.1, 0.15) is 23.7 Å². The van der Waals surface area contributed by atoms with Crippen LogP contribution in [-0.2, 0) is 4.74 Å². The van der Waals surface area contributed by atoms with E-state index in [0.717, 1.165) is 48.9 Å². The van der Waals surface area contributed by atoms with Crippen LogP contribution in [0.25, 0.3) is 10.8 Å². The van der Waals surface area contributed by atoms with E-state index in [1.165, 1.54) is 0 Å². The van der Waals surface area contributed by atoms with E-state index < -0.39 is 0 Å². The highest BCUT2D eigenvalue weighted by Crippen LogP contribution is 2.28. The lowest BCUT2D eigenvalue weighted by Gasteiger charge is -2.24. The summed E-state index contributed by atoms with van der Waals surface area (Å²) in [6.07, 6.45) is 4.88. The smallest absolute Gasteiger partial charge is 0.223 e. The van der Waals surface area contributed by atoms with Crippen LogP contribution in [0.1, 0.15) is 25.0 Å².